The number of halogens is 1. The van der Waals surface area contributed by atoms with Gasteiger partial charge >= 0.3 is 0 Å². The predicted molar refractivity (Wildman–Crippen MR) is 133 cm³/mol. The van der Waals surface area contributed by atoms with E-state index in [1.54, 1.807) is 0 Å². The first-order chi connectivity index (χ1) is 14.1. The molecule has 1 unspecified atom stereocenters. The first kappa shape index (κ1) is 26.6. The molecule has 1 fully saturated rings. The Morgan fingerprint density at radius 2 is 2.17 bits per heavy atom. The average Bonchev–Trinajstić information content (AvgIpc) is 3.24. The van der Waals surface area contributed by atoms with Crippen LogP contribution in [0.3, 0.4) is 0 Å². The highest BCUT2D eigenvalue weighted by molar-refractivity contribution is 14.0. The Labute approximate surface area is 197 Å². The van der Waals surface area contributed by atoms with Crippen LogP contribution in [0.4, 0.5) is 5.69 Å². The van der Waals surface area contributed by atoms with Crippen molar-refractivity contribution < 1.29 is 14.3 Å². The smallest absolute Gasteiger partial charge is 0.253 e. The molecule has 0 radical (unpaired) electrons. The maximum Gasteiger partial charge on any atom is 0.253 e. The van der Waals surface area contributed by atoms with E-state index in [1.807, 2.05) is 31.2 Å². The molecule has 8 heteroatoms. The van der Waals surface area contributed by atoms with Crippen LogP contribution in [-0.2, 0) is 20.8 Å². The summed E-state index contributed by atoms with van der Waals surface area (Å²) in [5.41, 5.74) is 1.81. The minimum Gasteiger partial charge on any atom is -0.381 e. The molecule has 3 N–H and O–H groups in total. The third kappa shape index (κ3) is 10.6. The van der Waals surface area contributed by atoms with Gasteiger partial charge in [-0.05, 0) is 49.8 Å². The molecule has 2 rings (SSSR count). The van der Waals surface area contributed by atoms with Crippen LogP contribution < -0.4 is 16.0 Å². The molecular weight excluding hydrogens is 495 g/mol. The van der Waals surface area contributed by atoms with Gasteiger partial charge in [0.05, 0.1) is 6.54 Å². The molecule has 1 aliphatic heterocycles. The van der Waals surface area contributed by atoms with Gasteiger partial charge in [0.15, 0.2) is 5.96 Å². The number of guanidine groups is 1. The molecular formula is C22H37IN4O3. The molecule has 1 aliphatic rings. The Hall–Kier alpha value is -1.39. The fraction of sp³-hybridized carbons (Fsp3) is 0.636. The minimum absolute atomic E-state index is 0. The Morgan fingerprint density at radius 3 is 2.87 bits per heavy atom. The first-order valence-electron chi connectivity index (χ1n) is 10.7. The highest BCUT2D eigenvalue weighted by Crippen LogP contribution is 2.16. The van der Waals surface area contributed by atoms with Crippen LogP contribution in [0.5, 0.6) is 0 Å². The zero-order chi connectivity index (χ0) is 20.9. The number of amides is 1. The molecule has 1 saturated heterocycles. The molecule has 1 aromatic carbocycles. The van der Waals surface area contributed by atoms with E-state index in [9.17, 15) is 4.79 Å². The molecule has 0 saturated carbocycles. The van der Waals surface area contributed by atoms with E-state index in [4.69, 9.17) is 9.47 Å². The number of hydrogen-bond acceptors (Lipinski definition) is 4. The van der Waals surface area contributed by atoms with Gasteiger partial charge in [0, 0.05) is 38.6 Å². The molecule has 0 bridgehead atoms. The zero-order valence-electron chi connectivity index (χ0n) is 18.4. The number of ether oxygens (including phenoxy) is 2. The number of rotatable bonds is 11. The number of anilines is 1. The molecule has 1 amide bonds. The summed E-state index contributed by atoms with van der Waals surface area (Å²) in [7, 11) is 0. The molecule has 170 valence electrons. The van der Waals surface area contributed by atoms with Crippen molar-refractivity contribution in [3.05, 3.63) is 29.8 Å². The number of nitrogens with zero attached hydrogens (tertiary/aromatic N) is 1. The monoisotopic (exact) mass is 532 g/mol. The van der Waals surface area contributed by atoms with Crippen molar-refractivity contribution >= 4 is 41.5 Å². The number of nitrogens with one attached hydrogen (secondary N) is 3. The molecule has 1 heterocycles. The Balaban J connectivity index is 0.00000450. The minimum atomic E-state index is -0.328. The van der Waals surface area contributed by atoms with Crippen molar-refractivity contribution in [1.29, 1.82) is 0 Å². The lowest BCUT2D eigenvalue weighted by molar-refractivity contribution is -0.124. The van der Waals surface area contributed by atoms with Crippen molar-refractivity contribution in [2.45, 2.75) is 52.7 Å². The molecule has 0 spiro atoms. The number of hydrogen-bond donors (Lipinski definition) is 3. The second-order valence-electron chi connectivity index (χ2n) is 7.64. The van der Waals surface area contributed by atoms with Crippen molar-refractivity contribution in [1.82, 2.24) is 10.6 Å². The summed E-state index contributed by atoms with van der Waals surface area (Å²) in [4.78, 5) is 16.9. The summed E-state index contributed by atoms with van der Waals surface area (Å²) in [6, 6.07) is 7.79. The van der Waals surface area contributed by atoms with Crippen LogP contribution in [0.1, 0.15) is 45.6 Å². The van der Waals surface area contributed by atoms with Crippen LogP contribution in [-0.4, -0.2) is 50.9 Å². The van der Waals surface area contributed by atoms with Crippen LogP contribution >= 0.6 is 24.0 Å². The quantitative estimate of drug-likeness (QED) is 0.176. The second kappa shape index (κ2) is 15.4. The average molecular weight is 532 g/mol. The summed E-state index contributed by atoms with van der Waals surface area (Å²) >= 11 is 0. The number of carbonyl (C=O) groups excluding carboxylic acids is 1. The lowest BCUT2D eigenvalue weighted by Crippen LogP contribution is -2.38. The fourth-order valence-corrected chi connectivity index (χ4v) is 2.97. The number of aliphatic imine (C=N–C) groups is 1. The van der Waals surface area contributed by atoms with Gasteiger partial charge in [0.1, 0.15) is 6.10 Å². The van der Waals surface area contributed by atoms with Crippen LogP contribution in [0.15, 0.2) is 29.3 Å². The summed E-state index contributed by atoms with van der Waals surface area (Å²) in [5.74, 6) is 1.27. The highest BCUT2D eigenvalue weighted by atomic mass is 127. The molecule has 30 heavy (non-hydrogen) atoms. The Bertz CT molecular complexity index is 649. The molecule has 0 aromatic heterocycles. The third-order valence-corrected chi connectivity index (χ3v) is 4.39. The highest BCUT2D eigenvalue weighted by Gasteiger charge is 2.23. The molecule has 7 nitrogen and oxygen atoms in total. The maximum atomic E-state index is 12.2. The molecule has 0 aliphatic carbocycles. The van der Waals surface area contributed by atoms with Gasteiger partial charge in [0.25, 0.3) is 5.91 Å². The van der Waals surface area contributed by atoms with E-state index in [0.29, 0.717) is 19.1 Å². The largest absolute Gasteiger partial charge is 0.381 e. The molecule has 1 aromatic rings. The van der Waals surface area contributed by atoms with Crippen molar-refractivity contribution in [2.75, 3.05) is 38.2 Å². The number of carbonyl (C=O) groups is 1. The standard InChI is InChI=1S/C22H36N4O3.HI/c1-4-23-22(24-11-7-12-28-16-17(2)3)25-15-18-8-5-9-19(14-18)26-21(27)20-10-6-13-29-20;/h5,8-9,14,17,20H,4,6-7,10-13,15-16H2,1-3H3,(H,26,27)(H2,23,24,25);1H. The Kier molecular flexibility index (Phi) is 13.7. The Morgan fingerprint density at radius 1 is 1.33 bits per heavy atom. The van der Waals surface area contributed by atoms with E-state index in [2.05, 4.69) is 34.8 Å². The van der Waals surface area contributed by atoms with E-state index in [-0.39, 0.29) is 36.0 Å². The third-order valence-electron chi connectivity index (χ3n) is 4.39. The summed E-state index contributed by atoms with van der Waals surface area (Å²) < 4.78 is 11.0. The van der Waals surface area contributed by atoms with E-state index in [1.165, 1.54) is 0 Å². The van der Waals surface area contributed by atoms with Gasteiger partial charge in [-0.25, -0.2) is 4.99 Å². The lowest BCUT2D eigenvalue weighted by Gasteiger charge is -2.13. The van der Waals surface area contributed by atoms with Gasteiger partial charge in [-0.2, -0.15) is 0 Å². The van der Waals surface area contributed by atoms with Gasteiger partial charge < -0.3 is 25.4 Å². The van der Waals surface area contributed by atoms with Crippen LogP contribution in [0.25, 0.3) is 0 Å². The van der Waals surface area contributed by atoms with Gasteiger partial charge in [-0.3, -0.25) is 4.79 Å². The van der Waals surface area contributed by atoms with Gasteiger partial charge in [-0.15, -0.1) is 24.0 Å². The predicted octanol–water partition coefficient (Wildman–Crippen LogP) is 3.54. The van der Waals surface area contributed by atoms with E-state index in [0.717, 1.165) is 62.8 Å². The normalized spacial score (nSPS) is 16.3. The second-order valence-corrected chi connectivity index (χ2v) is 7.64. The van der Waals surface area contributed by atoms with Gasteiger partial charge in [0.2, 0.25) is 0 Å². The molecule has 1 atom stereocenters. The summed E-state index contributed by atoms with van der Waals surface area (Å²) in [6.07, 6.45) is 2.33. The van der Waals surface area contributed by atoms with Crippen LogP contribution in [0, 0.1) is 5.92 Å². The summed E-state index contributed by atoms with van der Waals surface area (Å²) in [6.45, 7) is 10.7. The lowest BCUT2D eigenvalue weighted by atomic mass is 10.2. The van der Waals surface area contributed by atoms with Gasteiger partial charge in [-0.1, -0.05) is 26.0 Å². The summed E-state index contributed by atoms with van der Waals surface area (Å²) in [5, 5.41) is 9.53. The SMILES string of the molecule is CCNC(=NCc1cccc(NC(=O)C2CCCO2)c1)NCCCOCC(C)C.I. The van der Waals surface area contributed by atoms with E-state index >= 15 is 0 Å². The van der Waals surface area contributed by atoms with Crippen molar-refractivity contribution in [3.63, 3.8) is 0 Å². The first-order valence-corrected chi connectivity index (χ1v) is 10.7. The fourth-order valence-electron chi connectivity index (χ4n) is 2.97. The number of benzene rings is 1. The van der Waals surface area contributed by atoms with Crippen LogP contribution in [0.2, 0.25) is 0 Å². The van der Waals surface area contributed by atoms with E-state index < -0.39 is 0 Å². The topological polar surface area (TPSA) is 84.0 Å². The maximum absolute atomic E-state index is 12.2. The van der Waals surface area contributed by atoms with Crippen molar-refractivity contribution in [3.8, 4) is 0 Å². The van der Waals surface area contributed by atoms with Crippen molar-refractivity contribution in [2.24, 2.45) is 10.9 Å². The zero-order valence-corrected chi connectivity index (χ0v) is 20.7.